The van der Waals surface area contributed by atoms with E-state index in [4.69, 9.17) is 0 Å². The van der Waals surface area contributed by atoms with Crippen molar-refractivity contribution in [3.8, 4) is 0 Å². The van der Waals surface area contributed by atoms with Crippen LogP contribution in [-0.4, -0.2) is 17.5 Å². The molecule has 48 valence electrons. The highest BCUT2D eigenvalue weighted by Gasteiger charge is 1.86. The van der Waals surface area contributed by atoms with E-state index < -0.39 is 0 Å². The monoisotopic (exact) mass is 131 g/mol. The van der Waals surface area contributed by atoms with Crippen molar-refractivity contribution < 1.29 is 0 Å². The molecule has 0 N–H and O–H groups in total. The van der Waals surface area contributed by atoms with Crippen molar-refractivity contribution in [1.82, 2.24) is 0 Å². The fourth-order valence-electron chi connectivity index (χ4n) is 0.297. The SMILES string of the molecule is CC(S)/C=N/C(C)C. The van der Waals surface area contributed by atoms with Gasteiger partial charge in [-0.1, -0.05) is 0 Å². The average Bonchev–Trinajstić information content (AvgIpc) is 1.61. The third kappa shape index (κ3) is 6.02. The van der Waals surface area contributed by atoms with Crippen molar-refractivity contribution in [3.05, 3.63) is 0 Å². The molecule has 0 aromatic heterocycles. The lowest BCUT2D eigenvalue weighted by molar-refractivity contribution is 0.838. The minimum Gasteiger partial charge on any atom is -0.294 e. The third-order valence-corrected chi connectivity index (χ3v) is 0.733. The van der Waals surface area contributed by atoms with Crippen molar-refractivity contribution in [2.45, 2.75) is 32.1 Å². The third-order valence-electron chi connectivity index (χ3n) is 0.600. The molecule has 0 bridgehead atoms. The summed E-state index contributed by atoms with van der Waals surface area (Å²) in [5.74, 6) is 0. The minimum atomic E-state index is 0.289. The van der Waals surface area contributed by atoms with Gasteiger partial charge >= 0.3 is 0 Å². The first-order valence-electron chi connectivity index (χ1n) is 2.84. The van der Waals surface area contributed by atoms with Gasteiger partial charge in [0.15, 0.2) is 0 Å². The van der Waals surface area contributed by atoms with Gasteiger partial charge in [-0.3, -0.25) is 4.99 Å². The summed E-state index contributed by atoms with van der Waals surface area (Å²) in [5.41, 5.74) is 0. The van der Waals surface area contributed by atoms with Gasteiger partial charge in [0.25, 0.3) is 0 Å². The molecule has 1 nitrogen and oxygen atoms in total. The highest BCUT2D eigenvalue weighted by Crippen LogP contribution is 1.89. The Labute approximate surface area is 56.6 Å². The van der Waals surface area contributed by atoms with Crippen molar-refractivity contribution in [2.24, 2.45) is 4.99 Å². The molecule has 0 fully saturated rings. The van der Waals surface area contributed by atoms with Gasteiger partial charge in [-0.25, -0.2) is 0 Å². The number of rotatable bonds is 2. The van der Waals surface area contributed by atoms with Crippen LogP contribution < -0.4 is 0 Å². The Morgan fingerprint density at radius 3 is 2.00 bits per heavy atom. The highest BCUT2D eigenvalue weighted by atomic mass is 32.1. The molecule has 0 rings (SSSR count). The van der Waals surface area contributed by atoms with Gasteiger partial charge < -0.3 is 0 Å². The van der Waals surface area contributed by atoms with E-state index in [2.05, 4.69) is 17.6 Å². The predicted octanol–water partition coefficient (Wildman–Crippen LogP) is 1.78. The van der Waals surface area contributed by atoms with Gasteiger partial charge in [-0.05, 0) is 20.8 Å². The molecule has 2 heteroatoms. The van der Waals surface area contributed by atoms with Crippen LogP contribution in [0.2, 0.25) is 0 Å². The second-order valence-corrected chi connectivity index (χ2v) is 2.95. The summed E-state index contributed by atoms with van der Waals surface area (Å²) in [6.45, 7) is 6.09. The second-order valence-electron chi connectivity index (χ2n) is 2.13. The van der Waals surface area contributed by atoms with Crippen LogP contribution in [0.4, 0.5) is 0 Å². The van der Waals surface area contributed by atoms with Crippen LogP contribution in [0.25, 0.3) is 0 Å². The van der Waals surface area contributed by atoms with Crippen LogP contribution in [0.5, 0.6) is 0 Å². The molecule has 0 aliphatic rings. The molecular weight excluding hydrogens is 118 g/mol. The van der Waals surface area contributed by atoms with Crippen LogP contribution in [0, 0.1) is 0 Å². The molecule has 0 aliphatic heterocycles. The van der Waals surface area contributed by atoms with E-state index in [1.54, 1.807) is 0 Å². The fourth-order valence-corrected chi connectivity index (χ4v) is 0.374. The first kappa shape index (κ1) is 8.02. The molecule has 0 amide bonds. The zero-order valence-electron chi connectivity index (χ0n) is 5.63. The van der Waals surface area contributed by atoms with Crippen LogP contribution in [0.3, 0.4) is 0 Å². The van der Waals surface area contributed by atoms with Gasteiger partial charge in [-0.15, -0.1) is 0 Å². The maximum Gasteiger partial charge on any atom is 0.0439 e. The van der Waals surface area contributed by atoms with E-state index in [1.807, 2.05) is 27.0 Å². The molecule has 0 saturated heterocycles. The topological polar surface area (TPSA) is 12.4 Å². The fraction of sp³-hybridized carbons (Fsp3) is 0.833. The maximum atomic E-state index is 4.12. The largest absolute Gasteiger partial charge is 0.294 e. The quantitative estimate of drug-likeness (QED) is 0.433. The minimum absolute atomic E-state index is 0.289. The lowest BCUT2D eigenvalue weighted by Gasteiger charge is -1.95. The molecule has 1 atom stereocenters. The lowest BCUT2D eigenvalue weighted by atomic mass is 10.4. The Kier molecular flexibility index (Phi) is 3.97. The van der Waals surface area contributed by atoms with Crippen LogP contribution in [-0.2, 0) is 0 Å². The zero-order chi connectivity index (χ0) is 6.57. The average molecular weight is 131 g/mol. The van der Waals surface area contributed by atoms with Crippen molar-refractivity contribution >= 4 is 18.8 Å². The number of hydrogen-bond acceptors (Lipinski definition) is 2. The molecule has 0 saturated carbocycles. The number of thiol groups is 1. The van der Waals surface area contributed by atoms with Gasteiger partial charge in [0.2, 0.25) is 0 Å². The predicted molar refractivity (Wildman–Crippen MR) is 42.1 cm³/mol. The van der Waals surface area contributed by atoms with Crippen molar-refractivity contribution in [1.29, 1.82) is 0 Å². The normalized spacial score (nSPS) is 15.6. The summed E-state index contributed by atoms with van der Waals surface area (Å²) in [6, 6.07) is 0.407. The molecule has 0 aliphatic carbocycles. The standard InChI is InChI=1S/C6H13NS/c1-5(2)7-4-6(3)8/h4-6,8H,1-3H3/b7-4+. The number of aliphatic imine (C=N–C) groups is 1. The van der Waals surface area contributed by atoms with Crippen molar-refractivity contribution in [2.75, 3.05) is 0 Å². The summed E-state index contributed by atoms with van der Waals surface area (Å²) in [7, 11) is 0. The number of hydrogen-bond donors (Lipinski definition) is 1. The van der Waals surface area contributed by atoms with Gasteiger partial charge in [-0.2, -0.15) is 12.6 Å². The molecule has 0 radical (unpaired) electrons. The summed E-state index contributed by atoms with van der Waals surface area (Å²) >= 11 is 4.12. The molecule has 0 spiro atoms. The highest BCUT2D eigenvalue weighted by molar-refractivity contribution is 7.81. The lowest BCUT2D eigenvalue weighted by Crippen LogP contribution is -1.96. The summed E-state index contributed by atoms with van der Waals surface area (Å²) in [6.07, 6.45) is 1.85. The first-order valence-corrected chi connectivity index (χ1v) is 3.36. The molecule has 0 aromatic carbocycles. The van der Waals surface area contributed by atoms with E-state index >= 15 is 0 Å². The first-order chi connectivity index (χ1) is 3.63. The van der Waals surface area contributed by atoms with Crippen LogP contribution in [0.1, 0.15) is 20.8 Å². The smallest absolute Gasteiger partial charge is 0.0439 e. The number of nitrogens with zero attached hydrogens (tertiary/aromatic N) is 1. The van der Waals surface area contributed by atoms with Crippen LogP contribution >= 0.6 is 12.6 Å². The Morgan fingerprint density at radius 1 is 1.38 bits per heavy atom. The molecule has 0 heterocycles. The molecule has 1 unspecified atom stereocenters. The van der Waals surface area contributed by atoms with Gasteiger partial charge in [0.1, 0.15) is 0 Å². The Balaban J connectivity index is 3.34. The van der Waals surface area contributed by atoms with Crippen molar-refractivity contribution in [3.63, 3.8) is 0 Å². The Bertz CT molecular complexity index is 66.6. The van der Waals surface area contributed by atoms with Gasteiger partial charge in [0.05, 0.1) is 0 Å². The van der Waals surface area contributed by atoms with E-state index in [0.717, 1.165) is 0 Å². The summed E-state index contributed by atoms with van der Waals surface area (Å²) in [5, 5.41) is 0.289. The van der Waals surface area contributed by atoms with Crippen LogP contribution in [0.15, 0.2) is 4.99 Å². The second kappa shape index (κ2) is 3.96. The maximum absolute atomic E-state index is 4.12. The zero-order valence-corrected chi connectivity index (χ0v) is 6.52. The Hall–Kier alpha value is 0.0200. The van der Waals surface area contributed by atoms with E-state index in [0.29, 0.717) is 6.04 Å². The Morgan fingerprint density at radius 2 is 1.88 bits per heavy atom. The summed E-state index contributed by atoms with van der Waals surface area (Å²) in [4.78, 5) is 4.12. The summed E-state index contributed by atoms with van der Waals surface area (Å²) < 4.78 is 0. The van der Waals surface area contributed by atoms with E-state index in [9.17, 15) is 0 Å². The van der Waals surface area contributed by atoms with Gasteiger partial charge in [0, 0.05) is 17.5 Å². The molecular formula is C6H13NS. The molecule has 8 heavy (non-hydrogen) atoms. The van der Waals surface area contributed by atoms with E-state index in [1.165, 1.54) is 0 Å². The molecule has 0 aromatic rings. The van der Waals surface area contributed by atoms with E-state index in [-0.39, 0.29) is 5.25 Å².